The summed E-state index contributed by atoms with van der Waals surface area (Å²) in [5, 5.41) is 5.25. The van der Waals surface area contributed by atoms with Gasteiger partial charge in [0.25, 0.3) is 0 Å². The summed E-state index contributed by atoms with van der Waals surface area (Å²) in [6.45, 7) is 1.05. The molecule has 3 aromatic carbocycles. The van der Waals surface area contributed by atoms with Crippen LogP contribution in [0.4, 0.5) is 10.5 Å². The number of anilines is 1. The van der Waals surface area contributed by atoms with Crippen LogP contribution in [0.25, 0.3) is 0 Å². The Morgan fingerprint density at radius 1 is 0.929 bits per heavy atom. The minimum Gasteiger partial charge on any atom is -0.489 e. The Hall–Kier alpha value is -2.89. The molecule has 0 atom stereocenters. The number of hydrogen-bond acceptors (Lipinski definition) is 3. The lowest BCUT2D eigenvalue weighted by atomic mass is 10.2. The van der Waals surface area contributed by atoms with Gasteiger partial charge in [0, 0.05) is 22.8 Å². The number of rotatable bonds is 6. The Morgan fingerprint density at radius 2 is 1.68 bits per heavy atom. The van der Waals surface area contributed by atoms with Gasteiger partial charge in [0.15, 0.2) is 0 Å². The number of fused-ring (bicyclic) bond motifs is 1. The Kier molecular flexibility index (Phi) is 6.29. The van der Waals surface area contributed by atoms with Crippen LogP contribution in [0.1, 0.15) is 11.1 Å². The van der Waals surface area contributed by atoms with Crippen molar-refractivity contribution < 1.29 is 9.53 Å². The van der Waals surface area contributed by atoms with Gasteiger partial charge in [-0.1, -0.05) is 41.9 Å². The second-order valence-corrected chi connectivity index (χ2v) is 6.52. The van der Waals surface area contributed by atoms with Gasteiger partial charge in [0.1, 0.15) is 12.4 Å². The number of benzene rings is 3. The molecule has 1 N–H and O–H groups in total. The highest BCUT2D eigenvalue weighted by molar-refractivity contribution is 6.30. The molecule has 1 aliphatic heterocycles. The molecule has 5 nitrogen and oxygen atoms in total. The summed E-state index contributed by atoms with van der Waals surface area (Å²) in [4.78, 5) is 19.0. The van der Waals surface area contributed by atoms with Crippen LogP contribution in [0.3, 0.4) is 0 Å². The van der Waals surface area contributed by atoms with Crippen LogP contribution < -0.4 is 20.8 Å². The molecule has 0 spiro atoms. The number of hydrogen-bond donors (Lipinski definition) is 1. The third kappa shape index (κ3) is 4.68. The molecule has 2 amide bonds. The maximum Gasteiger partial charge on any atom is 0.368 e. The van der Waals surface area contributed by atoms with Gasteiger partial charge >= 0.3 is 6.03 Å². The Bertz CT molecular complexity index is 1120. The molecule has 0 fully saturated rings. The van der Waals surface area contributed by atoms with Crippen LogP contribution >= 0.6 is 24.0 Å². The van der Waals surface area contributed by atoms with Gasteiger partial charge in [-0.15, -0.1) is 12.4 Å². The highest BCUT2D eigenvalue weighted by Gasteiger charge is 2.07. The van der Waals surface area contributed by atoms with E-state index >= 15 is 0 Å². The quantitative estimate of drug-likeness (QED) is 0.653. The minimum atomic E-state index is -0.455. The molecule has 3 aromatic rings. The van der Waals surface area contributed by atoms with Crippen molar-refractivity contribution in [2.75, 3.05) is 5.32 Å². The van der Waals surface area contributed by atoms with Crippen molar-refractivity contribution in [2.45, 2.75) is 13.2 Å². The largest absolute Gasteiger partial charge is 0.489 e. The monoisotopic (exact) mass is 413 g/mol. The molecular weight excluding hydrogens is 397 g/mol. The first-order valence-electron chi connectivity index (χ1n) is 8.48. The lowest BCUT2D eigenvalue weighted by Crippen LogP contribution is -2.21. The van der Waals surface area contributed by atoms with E-state index in [1.807, 2.05) is 60.7 Å². The third-order valence-electron chi connectivity index (χ3n) is 4.17. The standard InChI is InChI=1S/C21H16ClN3O2.ClH/c22-16-7-5-14(6-8-16)13-27-20-4-2-1-3-15(20)12-23-17-9-10-18-19(11-17)25-21(26)24-18;/h1-11,23H,12-13H2;1H. The van der Waals surface area contributed by atoms with Crippen molar-refractivity contribution in [3.8, 4) is 5.75 Å². The summed E-state index contributed by atoms with van der Waals surface area (Å²) in [6.07, 6.45) is 0. The van der Waals surface area contributed by atoms with Crippen molar-refractivity contribution in [3.63, 3.8) is 0 Å². The number of para-hydroxylation sites is 1. The summed E-state index contributed by atoms with van der Waals surface area (Å²) in [7, 11) is 0. The van der Waals surface area contributed by atoms with E-state index in [1.165, 1.54) is 0 Å². The first-order valence-corrected chi connectivity index (χ1v) is 8.86. The summed E-state index contributed by atoms with van der Waals surface area (Å²) in [5.74, 6) is 0.816. The number of halogens is 2. The predicted molar refractivity (Wildman–Crippen MR) is 111 cm³/mol. The van der Waals surface area contributed by atoms with Gasteiger partial charge in [-0.2, -0.15) is 9.98 Å². The summed E-state index contributed by atoms with van der Waals surface area (Å²) in [6, 6.07) is 20.5. The molecule has 0 saturated carbocycles. The molecule has 0 saturated heterocycles. The number of carbonyl (C=O) groups is 1. The van der Waals surface area contributed by atoms with Crippen LogP contribution in [0.5, 0.6) is 5.75 Å². The number of nitrogens with one attached hydrogen (secondary N) is 1. The van der Waals surface area contributed by atoms with E-state index in [2.05, 4.69) is 15.3 Å². The Balaban J connectivity index is 0.00000225. The lowest BCUT2D eigenvalue weighted by Gasteiger charge is -2.13. The van der Waals surface area contributed by atoms with Crippen molar-refractivity contribution in [2.24, 2.45) is 9.98 Å². The highest BCUT2D eigenvalue weighted by atomic mass is 35.5. The fraction of sp³-hybridized carbons (Fsp3) is 0.0952. The number of nitrogens with zero attached hydrogens (tertiary/aromatic N) is 2. The molecule has 0 radical (unpaired) electrons. The van der Waals surface area contributed by atoms with Crippen molar-refractivity contribution >= 4 is 35.7 Å². The molecule has 142 valence electrons. The summed E-state index contributed by atoms with van der Waals surface area (Å²) < 4.78 is 5.98. The third-order valence-corrected chi connectivity index (χ3v) is 4.42. The van der Waals surface area contributed by atoms with E-state index in [1.54, 1.807) is 6.07 Å². The average molecular weight is 414 g/mol. The van der Waals surface area contributed by atoms with Crippen LogP contribution in [0.15, 0.2) is 76.7 Å². The second-order valence-electron chi connectivity index (χ2n) is 6.09. The summed E-state index contributed by atoms with van der Waals surface area (Å²) in [5.41, 5.74) is 2.95. The highest BCUT2D eigenvalue weighted by Crippen LogP contribution is 2.21. The molecule has 1 heterocycles. The fourth-order valence-electron chi connectivity index (χ4n) is 2.78. The van der Waals surface area contributed by atoms with Crippen LogP contribution in [-0.2, 0) is 13.2 Å². The van der Waals surface area contributed by atoms with E-state index < -0.39 is 6.03 Å². The van der Waals surface area contributed by atoms with Gasteiger partial charge in [-0.3, -0.25) is 0 Å². The van der Waals surface area contributed by atoms with E-state index in [-0.39, 0.29) is 12.4 Å². The Morgan fingerprint density at radius 3 is 2.50 bits per heavy atom. The first kappa shape index (κ1) is 19.9. The van der Waals surface area contributed by atoms with Crippen molar-refractivity contribution in [3.05, 3.63) is 93.6 Å². The molecule has 1 aliphatic rings. The van der Waals surface area contributed by atoms with Gasteiger partial charge in [-0.05, 0) is 42.0 Å². The van der Waals surface area contributed by atoms with Crippen LogP contribution in [-0.4, -0.2) is 6.03 Å². The lowest BCUT2D eigenvalue weighted by molar-refractivity contribution is 0.256. The molecule has 7 heteroatoms. The molecule has 0 unspecified atom stereocenters. The van der Waals surface area contributed by atoms with Gasteiger partial charge < -0.3 is 10.1 Å². The zero-order chi connectivity index (χ0) is 18.6. The van der Waals surface area contributed by atoms with E-state index in [9.17, 15) is 4.79 Å². The van der Waals surface area contributed by atoms with Crippen molar-refractivity contribution in [1.29, 1.82) is 0 Å². The maximum atomic E-state index is 11.3. The van der Waals surface area contributed by atoms with Crippen LogP contribution in [0, 0.1) is 0 Å². The van der Waals surface area contributed by atoms with Gasteiger partial charge in [0.2, 0.25) is 0 Å². The summed E-state index contributed by atoms with van der Waals surface area (Å²) >= 11 is 5.92. The number of urea groups is 1. The molecule has 28 heavy (non-hydrogen) atoms. The van der Waals surface area contributed by atoms with E-state index in [4.69, 9.17) is 16.3 Å². The fourth-order valence-corrected chi connectivity index (χ4v) is 2.90. The normalized spacial score (nSPS) is 11.7. The second kappa shape index (κ2) is 8.87. The molecule has 0 aliphatic carbocycles. The van der Waals surface area contributed by atoms with E-state index in [0.29, 0.717) is 28.9 Å². The molecule has 4 rings (SSSR count). The van der Waals surface area contributed by atoms with Gasteiger partial charge in [-0.25, -0.2) is 4.79 Å². The predicted octanol–water partition coefficient (Wildman–Crippen LogP) is 4.33. The zero-order valence-electron chi connectivity index (χ0n) is 14.8. The minimum absolute atomic E-state index is 0. The molecule has 0 bridgehead atoms. The first-order chi connectivity index (χ1) is 13.2. The topological polar surface area (TPSA) is 63.0 Å². The van der Waals surface area contributed by atoms with E-state index in [0.717, 1.165) is 22.6 Å². The number of ether oxygens (including phenoxy) is 1. The van der Waals surface area contributed by atoms with Gasteiger partial charge in [0.05, 0.1) is 10.7 Å². The number of amides is 2. The van der Waals surface area contributed by atoms with Crippen LogP contribution in [0.2, 0.25) is 5.02 Å². The SMILES string of the molecule is Cl.O=C1N=c2ccc(NCc3ccccc3OCc3ccc(Cl)cc3)cc2=N1. The molecule has 0 aromatic heterocycles. The smallest absolute Gasteiger partial charge is 0.368 e. The van der Waals surface area contributed by atoms with Crippen molar-refractivity contribution in [1.82, 2.24) is 0 Å². The number of carbonyl (C=O) groups excluding carboxylic acids is 1. The average Bonchev–Trinajstić information content (AvgIpc) is 3.06. The zero-order valence-corrected chi connectivity index (χ0v) is 16.3. The Labute approximate surface area is 173 Å². The molecular formula is C21H17Cl2N3O2. The maximum absolute atomic E-state index is 11.3.